The highest BCUT2D eigenvalue weighted by molar-refractivity contribution is 6.36. The molecule has 0 unspecified atom stereocenters. The van der Waals surface area contributed by atoms with Crippen molar-refractivity contribution in [2.24, 2.45) is 0 Å². The van der Waals surface area contributed by atoms with Crippen LogP contribution in [0.4, 0.5) is 5.82 Å². The molecule has 25 heavy (non-hydrogen) atoms. The molecule has 0 fully saturated rings. The van der Waals surface area contributed by atoms with Gasteiger partial charge in [0, 0.05) is 26.7 Å². The lowest BCUT2D eigenvalue weighted by Gasteiger charge is -2.13. The van der Waals surface area contributed by atoms with E-state index in [1.807, 2.05) is 32.0 Å². The second-order valence-corrected chi connectivity index (χ2v) is 6.71. The lowest BCUT2D eigenvalue weighted by molar-refractivity contribution is 1.28. The summed E-state index contributed by atoms with van der Waals surface area (Å²) in [5, 5.41) is 10.5. The van der Waals surface area contributed by atoms with Crippen molar-refractivity contribution in [1.82, 2.24) is 4.98 Å². The van der Waals surface area contributed by atoms with Gasteiger partial charge in [-0.2, -0.15) is 5.26 Å². The number of nitrogens with zero attached hydrogens (tertiary/aromatic N) is 2. The lowest BCUT2D eigenvalue weighted by Crippen LogP contribution is -2.00. The van der Waals surface area contributed by atoms with E-state index in [4.69, 9.17) is 28.9 Å². The van der Waals surface area contributed by atoms with E-state index >= 15 is 0 Å². The quantitative estimate of drug-likeness (QED) is 0.622. The molecule has 0 radical (unpaired) electrons. The van der Waals surface area contributed by atoms with Crippen molar-refractivity contribution in [1.29, 1.82) is 5.26 Å². The van der Waals surface area contributed by atoms with Crippen molar-refractivity contribution in [3.8, 4) is 28.5 Å². The molecule has 124 valence electrons. The summed E-state index contributed by atoms with van der Waals surface area (Å²) in [5.41, 5.74) is 11.6. The lowest BCUT2D eigenvalue weighted by atomic mass is 9.96. The number of nitrogens with two attached hydrogens (primary N) is 1. The maximum Gasteiger partial charge on any atom is 0.142 e. The summed E-state index contributed by atoms with van der Waals surface area (Å²) in [4.78, 5) is 4.42. The highest BCUT2D eigenvalue weighted by Gasteiger charge is 2.16. The Morgan fingerprint density at radius 2 is 1.68 bits per heavy atom. The number of aromatic nitrogens is 1. The average Bonchev–Trinajstić information content (AvgIpc) is 2.54. The zero-order chi connectivity index (χ0) is 18.1. The van der Waals surface area contributed by atoms with Gasteiger partial charge in [-0.25, -0.2) is 4.98 Å². The van der Waals surface area contributed by atoms with Crippen molar-refractivity contribution < 1.29 is 0 Å². The Labute approximate surface area is 156 Å². The first-order chi connectivity index (χ1) is 11.9. The molecular weight excluding hydrogens is 353 g/mol. The molecule has 1 aromatic heterocycles. The Kier molecular flexibility index (Phi) is 4.67. The number of aryl methyl sites for hydroxylation is 2. The fourth-order valence-electron chi connectivity index (χ4n) is 2.84. The van der Waals surface area contributed by atoms with Crippen molar-refractivity contribution in [3.05, 3.63) is 69.2 Å². The summed E-state index contributed by atoms with van der Waals surface area (Å²) in [6.45, 7) is 4.06. The summed E-state index contributed by atoms with van der Waals surface area (Å²) in [5.74, 6) is 0.181. The Morgan fingerprint density at radius 3 is 2.32 bits per heavy atom. The summed E-state index contributed by atoms with van der Waals surface area (Å²) in [6.07, 6.45) is 0. The number of pyridine rings is 1. The molecule has 0 saturated carbocycles. The van der Waals surface area contributed by atoms with Gasteiger partial charge in [-0.05, 0) is 37.6 Å². The number of benzene rings is 2. The van der Waals surface area contributed by atoms with Crippen LogP contribution in [0.15, 0.2) is 42.5 Å². The Balaban J connectivity index is 2.28. The maximum atomic E-state index is 9.52. The van der Waals surface area contributed by atoms with Gasteiger partial charge >= 0.3 is 0 Å². The van der Waals surface area contributed by atoms with Crippen LogP contribution in [0.1, 0.15) is 16.7 Å². The summed E-state index contributed by atoms with van der Waals surface area (Å²) in [6, 6.07) is 15.3. The molecule has 0 atom stereocenters. The van der Waals surface area contributed by atoms with Crippen LogP contribution < -0.4 is 5.73 Å². The second kappa shape index (κ2) is 6.76. The molecule has 0 amide bonds. The highest BCUT2D eigenvalue weighted by Crippen LogP contribution is 2.36. The number of hydrogen-bond acceptors (Lipinski definition) is 3. The summed E-state index contributed by atoms with van der Waals surface area (Å²) >= 11 is 12.3. The first-order valence-electron chi connectivity index (χ1n) is 7.64. The van der Waals surface area contributed by atoms with E-state index in [0.717, 1.165) is 11.1 Å². The number of nitrogen functional groups attached to an aromatic ring is 1. The molecule has 0 aliphatic heterocycles. The molecule has 0 aliphatic rings. The normalized spacial score (nSPS) is 10.5. The van der Waals surface area contributed by atoms with Gasteiger partial charge in [-0.1, -0.05) is 53.0 Å². The molecule has 0 spiro atoms. The van der Waals surface area contributed by atoms with Crippen LogP contribution in [0, 0.1) is 25.2 Å². The average molecular weight is 368 g/mol. The van der Waals surface area contributed by atoms with Gasteiger partial charge in [0.2, 0.25) is 0 Å². The van der Waals surface area contributed by atoms with E-state index in [9.17, 15) is 5.26 Å². The van der Waals surface area contributed by atoms with Crippen LogP contribution in [0.5, 0.6) is 0 Å². The van der Waals surface area contributed by atoms with Crippen LogP contribution in [0.2, 0.25) is 10.0 Å². The molecule has 3 rings (SSSR count). The maximum absolute atomic E-state index is 9.52. The van der Waals surface area contributed by atoms with Gasteiger partial charge in [-0.15, -0.1) is 0 Å². The Bertz CT molecular complexity index is 1020. The van der Waals surface area contributed by atoms with Crippen LogP contribution in [0.25, 0.3) is 22.4 Å². The zero-order valence-electron chi connectivity index (χ0n) is 13.8. The van der Waals surface area contributed by atoms with Gasteiger partial charge in [0.1, 0.15) is 17.5 Å². The van der Waals surface area contributed by atoms with E-state index in [1.54, 1.807) is 18.2 Å². The van der Waals surface area contributed by atoms with Gasteiger partial charge in [0.25, 0.3) is 0 Å². The van der Waals surface area contributed by atoms with Crippen molar-refractivity contribution in [2.75, 3.05) is 5.73 Å². The predicted molar refractivity (Wildman–Crippen MR) is 104 cm³/mol. The van der Waals surface area contributed by atoms with Crippen molar-refractivity contribution in [2.45, 2.75) is 13.8 Å². The van der Waals surface area contributed by atoms with Gasteiger partial charge in [0.05, 0.1) is 5.69 Å². The third kappa shape index (κ3) is 3.32. The molecule has 5 heteroatoms. The molecule has 2 N–H and O–H groups in total. The zero-order valence-corrected chi connectivity index (χ0v) is 15.3. The standard InChI is InChI=1S/C20H15Cl2N3/c1-11-3-5-14(12(2)7-11)19-9-16(17(10-23)20(24)25-19)15-6-4-13(21)8-18(15)22/h3-9H,1-2H3,(H2,24,25). The van der Waals surface area contributed by atoms with E-state index < -0.39 is 0 Å². The molecule has 3 aromatic rings. The van der Waals surface area contributed by atoms with Gasteiger partial charge < -0.3 is 5.73 Å². The largest absolute Gasteiger partial charge is 0.383 e. The minimum Gasteiger partial charge on any atom is -0.383 e. The molecular formula is C20H15Cl2N3. The molecule has 0 saturated heterocycles. The van der Waals surface area contributed by atoms with Crippen LogP contribution in [0.3, 0.4) is 0 Å². The second-order valence-electron chi connectivity index (χ2n) is 5.87. The topological polar surface area (TPSA) is 62.7 Å². The van der Waals surface area contributed by atoms with E-state index in [0.29, 0.717) is 32.4 Å². The number of hydrogen-bond donors (Lipinski definition) is 1. The van der Waals surface area contributed by atoms with Gasteiger partial charge in [0.15, 0.2) is 0 Å². The fraction of sp³-hybridized carbons (Fsp3) is 0.100. The number of rotatable bonds is 2. The van der Waals surface area contributed by atoms with Gasteiger partial charge in [-0.3, -0.25) is 0 Å². The summed E-state index contributed by atoms with van der Waals surface area (Å²) in [7, 11) is 0. The molecule has 3 nitrogen and oxygen atoms in total. The van der Waals surface area contributed by atoms with Crippen LogP contribution in [-0.2, 0) is 0 Å². The fourth-order valence-corrected chi connectivity index (χ4v) is 3.35. The number of anilines is 1. The number of halogens is 2. The van der Waals surface area contributed by atoms with E-state index in [-0.39, 0.29) is 5.82 Å². The third-order valence-corrected chi connectivity index (χ3v) is 4.59. The van der Waals surface area contributed by atoms with E-state index in [2.05, 4.69) is 17.1 Å². The summed E-state index contributed by atoms with van der Waals surface area (Å²) < 4.78 is 0. The van der Waals surface area contributed by atoms with Crippen LogP contribution in [-0.4, -0.2) is 4.98 Å². The minimum absolute atomic E-state index is 0.181. The van der Waals surface area contributed by atoms with Crippen LogP contribution >= 0.6 is 23.2 Å². The Hall–Kier alpha value is -2.54. The minimum atomic E-state index is 0.181. The SMILES string of the molecule is Cc1ccc(-c2cc(-c3ccc(Cl)cc3Cl)c(C#N)c(N)n2)c(C)c1. The smallest absolute Gasteiger partial charge is 0.142 e. The first kappa shape index (κ1) is 17.3. The third-order valence-electron chi connectivity index (χ3n) is 4.04. The van der Waals surface area contributed by atoms with Crippen molar-refractivity contribution in [3.63, 3.8) is 0 Å². The highest BCUT2D eigenvalue weighted by atomic mass is 35.5. The molecule has 0 bridgehead atoms. The number of nitriles is 1. The monoisotopic (exact) mass is 367 g/mol. The predicted octanol–water partition coefficient (Wildman–Crippen LogP) is 5.79. The molecule has 2 aromatic carbocycles. The first-order valence-corrected chi connectivity index (χ1v) is 8.40. The Morgan fingerprint density at radius 1 is 0.960 bits per heavy atom. The van der Waals surface area contributed by atoms with Crippen molar-refractivity contribution >= 4 is 29.0 Å². The molecule has 0 aliphatic carbocycles. The molecule has 1 heterocycles. The van der Waals surface area contributed by atoms with E-state index in [1.165, 1.54) is 5.56 Å².